The van der Waals surface area contributed by atoms with Gasteiger partial charge in [-0.2, -0.15) is 0 Å². The molecule has 2 amide bonds. The molecule has 34 heavy (non-hydrogen) atoms. The fourth-order valence-corrected chi connectivity index (χ4v) is 3.87. The zero-order valence-corrected chi connectivity index (χ0v) is 20.3. The molecule has 2 aromatic carbocycles. The Kier molecular flexibility index (Phi) is 8.46. The maximum atomic E-state index is 13.1. The van der Waals surface area contributed by atoms with Gasteiger partial charge in [-0.25, -0.2) is 0 Å². The Balaban J connectivity index is 1.74. The summed E-state index contributed by atoms with van der Waals surface area (Å²) in [5.41, 5.74) is 4.98. The van der Waals surface area contributed by atoms with E-state index in [2.05, 4.69) is 22.8 Å². The van der Waals surface area contributed by atoms with Gasteiger partial charge in [-0.3, -0.25) is 19.3 Å². The molecule has 0 aliphatic carbocycles. The van der Waals surface area contributed by atoms with Crippen LogP contribution in [-0.2, 0) is 25.5 Å². The van der Waals surface area contributed by atoms with Gasteiger partial charge in [-0.05, 0) is 69.4 Å². The zero-order chi connectivity index (χ0) is 24.7. The van der Waals surface area contributed by atoms with Crippen LogP contribution in [0, 0.1) is 13.8 Å². The van der Waals surface area contributed by atoms with Gasteiger partial charge in [0.25, 0.3) is 5.91 Å². The normalized spacial score (nSPS) is 13.8. The second-order valence-corrected chi connectivity index (χ2v) is 8.65. The summed E-state index contributed by atoms with van der Waals surface area (Å²) in [6.07, 6.45) is 2.97. The number of amides is 2. The Morgan fingerprint density at radius 3 is 2.53 bits per heavy atom. The predicted octanol–water partition coefficient (Wildman–Crippen LogP) is 4.04. The molecule has 0 saturated carbocycles. The first-order valence-corrected chi connectivity index (χ1v) is 11.7. The summed E-state index contributed by atoms with van der Waals surface area (Å²) in [7, 11) is 0. The number of carbonyl (C=O) groups is 3. The number of aryl methyl sites for hydroxylation is 3. The van der Waals surface area contributed by atoms with E-state index in [1.165, 1.54) is 16.5 Å². The topological polar surface area (TPSA) is 87.7 Å². The highest BCUT2D eigenvalue weighted by Gasteiger charge is 2.26. The fraction of sp³-hybridized carbons (Fsp3) is 0.370. The molecule has 3 rings (SSSR count). The van der Waals surface area contributed by atoms with Gasteiger partial charge in [-0.15, -0.1) is 0 Å². The molecule has 0 bridgehead atoms. The Morgan fingerprint density at radius 2 is 1.82 bits per heavy atom. The van der Waals surface area contributed by atoms with Gasteiger partial charge in [0, 0.05) is 17.8 Å². The maximum Gasteiger partial charge on any atom is 0.311 e. The van der Waals surface area contributed by atoms with Gasteiger partial charge in [0.15, 0.2) is 0 Å². The number of hydrogen-bond donors (Lipinski definition) is 2. The van der Waals surface area contributed by atoms with Crippen molar-refractivity contribution in [3.05, 3.63) is 70.9 Å². The van der Waals surface area contributed by atoms with Crippen LogP contribution < -0.4 is 15.5 Å². The number of esters is 1. The van der Waals surface area contributed by atoms with Crippen molar-refractivity contribution in [2.24, 2.45) is 0 Å². The molecule has 1 unspecified atom stereocenters. The number of nitrogens with one attached hydrogen (secondary N) is 2. The van der Waals surface area contributed by atoms with Gasteiger partial charge in [0.05, 0.1) is 24.4 Å². The highest BCUT2D eigenvalue weighted by molar-refractivity contribution is 6.09. The quantitative estimate of drug-likeness (QED) is 0.548. The average molecular weight is 464 g/mol. The number of benzene rings is 2. The van der Waals surface area contributed by atoms with Crippen LogP contribution in [0.5, 0.6) is 0 Å². The van der Waals surface area contributed by atoms with E-state index in [4.69, 9.17) is 4.74 Å². The molecule has 1 heterocycles. The molecular formula is C27H33N3O4. The van der Waals surface area contributed by atoms with E-state index in [-0.39, 0.29) is 37.4 Å². The molecule has 1 atom stereocenters. The fourth-order valence-electron chi connectivity index (χ4n) is 3.87. The van der Waals surface area contributed by atoms with Crippen molar-refractivity contribution in [2.45, 2.75) is 53.0 Å². The van der Waals surface area contributed by atoms with Crippen molar-refractivity contribution >= 4 is 29.2 Å². The highest BCUT2D eigenvalue weighted by atomic mass is 16.5. The highest BCUT2D eigenvalue weighted by Crippen LogP contribution is 2.33. The number of hydrogen-bond acceptors (Lipinski definition) is 5. The molecule has 0 radical (unpaired) electrons. The van der Waals surface area contributed by atoms with E-state index >= 15 is 0 Å². The number of ether oxygens (including phenoxy) is 1. The lowest BCUT2D eigenvalue weighted by molar-refractivity contribution is -0.142. The molecule has 0 spiro atoms. The second-order valence-electron chi connectivity index (χ2n) is 8.65. The van der Waals surface area contributed by atoms with Gasteiger partial charge < -0.3 is 15.4 Å². The Bertz CT molecular complexity index is 1080. The third-order valence-electron chi connectivity index (χ3n) is 5.82. The van der Waals surface area contributed by atoms with E-state index in [0.29, 0.717) is 17.1 Å². The molecule has 0 saturated heterocycles. The molecule has 2 aromatic rings. The molecule has 0 fully saturated rings. The van der Waals surface area contributed by atoms with Crippen molar-refractivity contribution in [2.75, 3.05) is 23.4 Å². The van der Waals surface area contributed by atoms with Crippen LogP contribution in [0.25, 0.3) is 0 Å². The van der Waals surface area contributed by atoms with Crippen molar-refractivity contribution in [3.8, 4) is 0 Å². The monoisotopic (exact) mass is 463 g/mol. The summed E-state index contributed by atoms with van der Waals surface area (Å²) in [6.45, 7) is 7.79. The number of carbonyl (C=O) groups excluding carboxylic acids is 3. The SMILES string of the molecule is CCOC(=O)CC1=CC(=O)N(CC(=O)NC(C)CCc2ccccc2)c2cc(C)c(C)cc2N1. The van der Waals surface area contributed by atoms with Crippen LogP contribution in [0.1, 0.15) is 43.4 Å². The summed E-state index contributed by atoms with van der Waals surface area (Å²) in [4.78, 5) is 39.5. The van der Waals surface area contributed by atoms with Crippen molar-refractivity contribution in [1.29, 1.82) is 0 Å². The van der Waals surface area contributed by atoms with E-state index in [1.54, 1.807) is 6.92 Å². The van der Waals surface area contributed by atoms with Gasteiger partial charge >= 0.3 is 5.97 Å². The van der Waals surface area contributed by atoms with Gasteiger partial charge in [-0.1, -0.05) is 30.3 Å². The number of rotatable bonds is 9. The Hall–Kier alpha value is -3.61. The molecule has 1 aliphatic heterocycles. The van der Waals surface area contributed by atoms with E-state index in [0.717, 1.165) is 24.0 Å². The number of nitrogens with zero attached hydrogens (tertiary/aromatic N) is 1. The summed E-state index contributed by atoms with van der Waals surface area (Å²) in [5, 5.41) is 6.20. The summed E-state index contributed by atoms with van der Waals surface area (Å²) >= 11 is 0. The first kappa shape index (κ1) is 25.0. The van der Waals surface area contributed by atoms with Gasteiger partial charge in [0.2, 0.25) is 5.91 Å². The second kappa shape index (κ2) is 11.5. The third-order valence-corrected chi connectivity index (χ3v) is 5.82. The standard InChI is InChI=1S/C27H33N3O4/c1-5-34-27(33)16-22-15-26(32)30(24-14-19(3)18(2)13-23(24)29-22)17-25(31)28-20(4)11-12-21-9-7-6-8-10-21/h6-10,13-15,20,29H,5,11-12,16-17H2,1-4H3,(H,28,31). The smallest absolute Gasteiger partial charge is 0.311 e. The largest absolute Gasteiger partial charge is 0.466 e. The number of anilines is 2. The van der Waals surface area contributed by atoms with Crippen LogP contribution in [0.4, 0.5) is 11.4 Å². The third kappa shape index (κ3) is 6.70. The molecule has 7 nitrogen and oxygen atoms in total. The minimum atomic E-state index is -0.419. The zero-order valence-electron chi connectivity index (χ0n) is 20.3. The molecule has 2 N–H and O–H groups in total. The van der Waals surface area contributed by atoms with E-state index < -0.39 is 5.97 Å². The average Bonchev–Trinajstić information content (AvgIpc) is 2.90. The van der Waals surface area contributed by atoms with E-state index in [1.807, 2.05) is 51.1 Å². The lowest BCUT2D eigenvalue weighted by Gasteiger charge is -2.24. The first-order valence-electron chi connectivity index (χ1n) is 11.7. The lowest BCUT2D eigenvalue weighted by Crippen LogP contribution is -2.43. The summed E-state index contributed by atoms with van der Waals surface area (Å²) in [5.74, 6) is -1.01. The van der Waals surface area contributed by atoms with Crippen molar-refractivity contribution in [3.63, 3.8) is 0 Å². The van der Waals surface area contributed by atoms with Crippen LogP contribution >= 0.6 is 0 Å². The lowest BCUT2D eigenvalue weighted by atomic mass is 10.1. The minimum absolute atomic E-state index is 0.0398. The molecule has 1 aliphatic rings. The van der Waals surface area contributed by atoms with Crippen LogP contribution in [0.2, 0.25) is 0 Å². The molecule has 0 aromatic heterocycles. The summed E-state index contributed by atoms with van der Waals surface area (Å²) in [6, 6.07) is 13.9. The number of fused-ring (bicyclic) bond motifs is 1. The maximum absolute atomic E-state index is 13.1. The van der Waals surface area contributed by atoms with Crippen LogP contribution in [-0.4, -0.2) is 37.0 Å². The molecule has 180 valence electrons. The first-order chi connectivity index (χ1) is 16.3. The Morgan fingerprint density at radius 1 is 1.12 bits per heavy atom. The Labute approximate surface area is 201 Å². The molecular weight excluding hydrogens is 430 g/mol. The van der Waals surface area contributed by atoms with E-state index in [9.17, 15) is 14.4 Å². The molecule has 7 heteroatoms. The predicted molar refractivity (Wildman–Crippen MR) is 134 cm³/mol. The van der Waals surface area contributed by atoms with Crippen LogP contribution in [0.3, 0.4) is 0 Å². The summed E-state index contributed by atoms with van der Waals surface area (Å²) < 4.78 is 5.03. The van der Waals surface area contributed by atoms with Crippen molar-refractivity contribution in [1.82, 2.24) is 5.32 Å². The minimum Gasteiger partial charge on any atom is -0.466 e. The van der Waals surface area contributed by atoms with Crippen molar-refractivity contribution < 1.29 is 19.1 Å². The van der Waals surface area contributed by atoms with Gasteiger partial charge in [0.1, 0.15) is 6.54 Å². The van der Waals surface area contributed by atoms with Crippen LogP contribution in [0.15, 0.2) is 54.2 Å².